The zero-order valence-electron chi connectivity index (χ0n) is 9.48. The molecule has 1 aromatic carbocycles. The van der Waals surface area contributed by atoms with E-state index in [1.807, 2.05) is 0 Å². The van der Waals surface area contributed by atoms with Gasteiger partial charge in [-0.1, -0.05) is 0 Å². The van der Waals surface area contributed by atoms with Crippen LogP contribution in [0.3, 0.4) is 0 Å². The van der Waals surface area contributed by atoms with Gasteiger partial charge in [-0.3, -0.25) is 5.43 Å². The Morgan fingerprint density at radius 1 is 1.11 bits per heavy atom. The van der Waals surface area contributed by atoms with E-state index < -0.39 is 11.7 Å². The highest BCUT2D eigenvalue weighted by Gasteiger charge is 2.30. The summed E-state index contributed by atoms with van der Waals surface area (Å²) < 4.78 is 42.4. The molecule has 0 spiro atoms. The molecule has 0 unspecified atom stereocenters. The molecule has 0 radical (unpaired) electrons. The number of hydrazine groups is 1. The Morgan fingerprint density at radius 3 is 2.37 bits per heavy atom. The lowest BCUT2D eigenvalue weighted by Gasteiger charge is -2.08. The third kappa shape index (κ3) is 3.32. The van der Waals surface area contributed by atoms with Gasteiger partial charge in [-0.05, 0) is 24.3 Å². The molecule has 0 bridgehead atoms. The minimum atomic E-state index is -4.37. The predicted molar refractivity (Wildman–Crippen MR) is 61.4 cm³/mol. The van der Waals surface area contributed by atoms with Crippen molar-refractivity contribution in [1.29, 1.82) is 0 Å². The Morgan fingerprint density at radius 2 is 1.79 bits per heavy atom. The van der Waals surface area contributed by atoms with E-state index in [1.165, 1.54) is 24.4 Å². The number of benzene rings is 1. The molecule has 19 heavy (non-hydrogen) atoms. The summed E-state index contributed by atoms with van der Waals surface area (Å²) in [5.41, 5.74) is 1.49. The average molecular weight is 270 g/mol. The van der Waals surface area contributed by atoms with Crippen molar-refractivity contribution in [1.82, 2.24) is 9.97 Å². The molecule has 0 aliphatic carbocycles. The summed E-state index contributed by atoms with van der Waals surface area (Å²) in [6.07, 6.45) is -2.97. The van der Waals surface area contributed by atoms with Gasteiger partial charge in [0, 0.05) is 12.3 Å². The molecule has 5 nitrogen and oxygen atoms in total. The number of hydrogen-bond acceptors (Lipinski definition) is 5. The zero-order valence-corrected chi connectivity index (χ0v) is 9.48. The van der Waals surface area contributed by atoms with E-state index in [4.69, 9.17) is 10.6 Å². The molecule has 0 fully saturated rings. The number of nitrogen functional groups attached to an aromatic ring is 1. The summed E-state index contributed by atoms with van der Waals surface area (Å²) >= 11 is 0. The summed E-state index contributed by atoms with van der Waals surface area (Å²) in [5, 5.41) is 0. The molecule has 8 heteroatoms. The Bertz CT molecular complexity index is 557. The maximum atomic E-state index is 12.4. The first-order chi connectivity index (χ1) is 8.99. The van der Waals surface area contributed by atoms with Gasteiger partial charge in [0.1, 0.15) is 5.75 Å². The second kappa shape index (κ2) is 5.11. The van der Waals surface area contributed by atoms with Crippen LogP contribution in [-0.4, -0.2) is 9.97 Å². The first-order valence-electron chi connectivity index (χ1n) is 5.14. The van der Waals surface area contributed by atoms with Crippen LogP contribution in [0.15, 0.2) is 36.5 Å². The number of alkyl halides is 3. The van der Waals surface area contributed by atoms with Gasteiger partial charge in [-0.25, -0.2) is 10.8 Å². The number of nitrogens with one attached hydrogen (secondary N) is 1. The van der Waals surface area contributed by atoms with Gasteiger partial charge in [-0.15, -0.1) is 0 Å². The molecule has 1 heterocycles. The fourth-order valence-electron chi connectivity index (χ4n) is 1.30. The van der Waals surface area contributed by atoms with Gasteiger partial charge in [0.05, 0.1) is 5.56 Å². The molecule has 0 aliphatic rings. The lowest BCUT2D eigenvalue weighted by Crippen LogP contribution is -2.10. The van der Waals surface area contributed by atoms with Crippen molar-refractivity contribution in [2.75, 3.05) is 5.43 Å². The van der Waals surface area contributed by atoms with E-state index in [2.05, 4.69) is 15.4 Å². The molecule has 2 aromatic rings. The molecule has 0 atom stereocenters. The first kappa shape index (κ1) is 13.1. The van der Waals surface area contributed by atoms with Crippen LogP contribution < -0.4 is 16.0 Å². The normalized spacial score (nSPS) is 11.2. The summed E-state index contributed by atoms with van der Waals surface area (Å²) in [6.45, 7) is 0. The Labute approximate surface area is 106 Å². The highest BCUT2D eigenvalue weighted by atomic mass is 19.4. The van der Waals surface area contributed by atoms with Crippen LogP contribution in [0, 0.1) is 0 Å². The van der Waals surface area contributed by atoms with Crippen LogP contribution in [0.25, 0.3) is 0 Å². The Balaban J connectivity index is 2.15. The second-order valence-electron chi connectivity index (χ2n) is 3.49. The number of nitrogens with two attached hydrogens (primary N) is 1. The van der Waals surface area contributed by atoms with Crippen molar-refractivity contribution in [2.45, 2.75) is 6.18 Å². The van der Waals surface area contributed by atoms with Crippen LogP contribution in [0.2, 0.25) is 0 Å². The van der Waals surface area contributed by atoms with Gasteiger partial charge in [0.15, 0.2) is 0 Å². The van der Waals surface area contributed by atoms with E-state index in [9.17, 15) is 13.2 Å². The monoisotopic (exact) mass is 270 g/mol. The lowest BCUT2D eigenvalue weighted by atomic mass is 10.2. The quantitative estimate of drug-likeness (QED) is 0.662. The van der Waals surface area contributed by atoms with Crippen molar-refractivity contribution < 1.29 is 17.9 Å². The molecule has 3 N–H and O–H groups in total. The van der Waals surface area contributed by atoms with Gasteiger partial charge < -0.3 is 4.74 Å². The highest BCUT2D eigenvalue weighted by Crippen LogP contribution is 2.31. The molecule has 0 saturated carbocycles. The standard InChI is InChI=1S/C11H9F3N4O/c12-11(13,14)7-1-3-8(4-2-7)19-9-5-6-16-10(17-9)18-15/h1-6H,15H2,(H,16,17,18). The Hall–Kier alpha value is -2.35. The third-order valence-corrected chi connectivity index (χ3v) is 2.16. The fourth-order valence-corrected chi connectivity index (χ4v) is 1.30. The average Bonchev–Trinajstić information content (AvgIpc) is 2.38. The Kier molecular flexibility index (Phi) is 3.52. The number of halogens is 3. The molecule has 100 valence electrons. The van der Waals surface area contributed by atoms with E-state index in [0.29, 0.717) is 0 Å². The lowest BCUT2D eigenvalue weighted by molar-refractivity contribution is -0.137. The molecular weight excluding hydrogens is 261 g/mol. The van der Waals surface area contributed by atoms with Crippen LogP contribution >= 0.6 is 0 Å². The van der Waals surface area contributed by atoms with Gasteiger partial charge >= 0.3 is 6.18 Å². The molecular formula is C11H9F3N4O. The van der Waals surface area contributed by atoms with Crippen molar-refractivity contribution in [3.63, 3.8) is 0 Å². The first-order valence-corrected chi connectivity index (χ1v) is 5.14. The topological polar surface area (TPSA) is 73.1 Å². The number of nitrogens with zero attached hydrogens (tertiary/aromatic N) is 2. The van der Waals surface area contributed by atoms with Gasteiger partial charge in [0.2, 0.25) is 11.8 Å². The van der Waals surface area contributed by atoms with Crippen LogP contribution in [0.5, 0.6) is 11.6 Å². The molecule has 0 aliphatic heterocycles. The summed E-state index contributed by atoms with van der Waals surface area (Å²) in [6, 6.07) is 5.73. The maximum absolute atomic E-state index is 12.4. The summed E-state index contributed by atoms with van der Waals surface area (Å²) in [7, 11) is 0. The minimum Gasteiger partial charge on any atom is -0.439 e. The SMILES string of the molecule is NNc1nccc(Oc2ccc(C(F)(F)F)cc2)n1. The van der Waals surface area contributed by atoms with Crippen LogP contribution in [0.1, 0.15) is 5.56 Å². The number of anilines is 1. The summed E-state index contributed by atoms with van der Waals surface area (Å²) in [4.78, 5) is 7.64. The van der Waals surface area contributed by atoms with Crippen molar-refractivity contribution >= 4 is 5.95 Å². The zero-order chi connectivity index (χ0) is 13.9. The van der Waals surface area contributed by atoms with Crippen molar-refractivity contribution in [3.05, 3.63) is 42.1 Å². The number of ether oxygens (including phenoxy) is 1. The number of aromatic nitrogens is 2. The van der Waals surface area contributed by atoms with E-state index in [-0.39, 0.29) is 17.6 Å². The molecule has 0 saturated heterocycles. The predicted octanol–water partition coefficient (Wildman–Crippen LogP) is 2.57. The van der Waals surface area contributed by atoms with Crippen LogP contribution in [-0.2, 0) is 6.18 Å². The van der Waals surface area contributed by atoms with Gasteiger partial charge in [0.25, 0.3) is 0 Å². The molecule has 1 aromatic heterocycles. The smallest absolute Gasteiger partial charge is 0.416 e. The number of hydrogen-bond donors (Lipinski definition) is 2. The van der Waals surface area contributed by atoms with Crippen molar-refractivity contribution in [2.24, 2.45) is 5.84 Å². The molecule has 2 rings (SSSR count). The second-order valence-corrected chi connectivity index (χ2v) is 3.49. The van der Waals surface area contributed by atoms with E-state index >= 15 is 0 Å². The minimum absolute atomic E-state index is 0.143. The van der Waals surface area contributed by atoms with Crippen LogP contribution in [0.4, 0.5) is 19.1 Å². The van der Waals surface area contributed by atoms with E-state index in [1.54, 1.807) is 0 Å². The fraction of sp³-hybridized carbons (Fsp3) is 0.0909. The maximum Gasteiger partial charge on any atom is 0.416 e. The third-order valence-electron chi connectivity index (χ3n) is 2.16. The van der Waals surface area contributed by atoms with Crippen molar-refractivity contribution in [3.8, 4) is 11.6 Å². The largest absolute Gasteiger partial charge is 0.439 e. The molecule has 0 amide bonds. The number of rotatable bonds is 3. The highest BCUT2D eigenvalue weighted by molar-refractivity contribution is 5.33. The summed E-state index contributed by atoms with van der Waals surface area (Å²) in [5.74, 6) is 5.67. The van der Waals surface area contributed by atoms with E-state index in [0.717, 1.165) is 12.1 Å². The van der Waals surface area contributed by atoms with Gasteiger partial charge in [-0.2, -0.15) is 18.2 Å².